The van der Waals surface area contributed by atoms with Crippen LogP contribution in [0.25, 0.3) is 0 Å². The number of piperazine rings is 2. The monoisotopic (exact) mass is 424 g/mol. The van der Waals surface area contributed by atoms with Gasteiger partial charge < -0.3 is 20.2 Å². The first-order chi connectivity index (χ1) is 13.7. The number of benzene rings is 1. The van der Waals surface area contributed by atoms with Crippen LogP contribution in [0.4, 0.5) is 0 Å². The van der Waals surface area contributed by atoms with Crippen LogP contribution in [0.3, 0.4) is 0 Å². The molecule has 162 valence electrons. The Hall–Kier alpha value is -1.67. The van der Waals surface area contributed by atoms with Gasteiger partial charge in [-0.1, -0.05) is 30.3 Å². The highest BCUT2D eigenvalue weighted by Crippen LogP contribution is 2.11. The van der Waals surface area contributed by atoms with E-state index in [0.29, 0.717) is 26.2 Å². The molecule has 2 aliphatic heterocycles. The molecule has 0 bridgehead atoms. The second-order valence-corrected chi connectivity index (χ2v) is 7.57. The molecular formula is C21H33ClN4O3. The summed E-state index contributed by atoms with van der Waals surface area (Å²) in [5.74, 6) is 0.0900. The molecule has 1 aromatic carbocycles. The van der Waals surface area contributed by atoms with Gasteiger partial charge in [-0.2, -0.15) is 0 Å². The molecule has 1 aromatic rings. The van der Waals surface area contributed by atoms with Gasteiger partial charge in [0.05, 0.1) is 19.1 Å². The van der Waals surface area contributed by atoms with Crippen molar-refractivity contribution >= 4 is 24.2 Å². The summed E-state index contributed by atoms with van der Waals surface area (Å²) >= 11 is 0. The second-order valence-electron chi connectivity index (χ2n) is 7.57. The Kier molecular flexibility index (Phi) is 9.87. The van der Waals surface area contributed by atoms with Crippen LogP contribution in [0.5, 0.6) is 0 Å². The molecule has 0 saturated carbocycles. The Bertz CT molecular complexity index is 638. The quantitative estimate of drug-likeness (QED) is 0.630. The number of amides is 2. The number of aliphatic hydroxyl groups is 1. The maximum Gasteiger partial charge on any atom is 0.240 e. The minimum atomic E-state index is -0.409. The van der Waals surface area contributed by atoms with Crippen LogP contribution in [0.1, 0.15) is 18.4 Å². The van der Waals surface area contributed by atoms with Crippen LogP contribution in [0, 0.1) is 0 Å². The molecule has 1 unspecified atom stereocenters. The minimum Gasteiger partial charge on any atom is -0.395 e. The van der Waals surface area contributed by atoms with E-state index in [-0.39, 0.29) is 37.2 Å². The van der Waals surface area contributed by atoms with Gasteiger partial charge in [0.25, 0.3) is 0 Å². The van der Waals surface area contributed by atoms with Gasteiger partial charge in [-0.3, -0.25) is 14.5 Å². The lowest BCUT2D eigenvalue weighted by Gasteiger charge is -2.37. The summed E-state index contributed by atoms with van der Waals surface area (Å²) in [4.78, 5) is 31.3. The zero-order valence-electron chi connectivity index (χ0n) is 17.0. The molecule has 0 aliphatic carbocycles. The average Bonchev–Trinajstić information content (AvgIpc) is 2.72. The van der Waals surface area contributed by atoms with Crippen LogP contribution in [0.2, 0.25) is 0 Å². The van der Waals surface area contributed by atoms with Gasteiger partial charge >= 0.3 is 0 Å². The van der Waals surface area contributed by atoms with Crippen molar-refractivity contribution < 1.29 is 14.7 Å². The number of nitrogens with zero attached hydrogens (tertiary/aromatic N) is 3. The molecule has 1 atom stereocenters. The molecular weight excluding hydrogens is 392 g/mol. The average molecular weight is 425 g/mol. The Morgan fingerprint density at radius 3 is 2.48 bits per heavy atom. The lowest BCUT2D eigenvalue weighted by atomic mass is 10.1. The molecule has 3 rings (SSSR count). The predicted molar refractivity (Wildman–Crippen MR) is 115 cm³/mol. The third-order valence-corrected chi connectivity index (χ3v) is 5.64. The van der Waals surface area contributed by atoms with Crippen molar-refractivity contribution in [3.8, 4) is 0 Å². The van der Waals surface area contributed by atoms with Crippen LogP contribution in [-0.2, 0) is 16.0 Å². The predicted octanol–water partition coefficient (Wildman–Crippen LogP) is 0.368. The van der Waals surface area contributed by atoms with E-state index in [1.54, 1.807) is 0 Å². The standard InChI is InChI=1S/C21H32N4O3.ClH/c26-16-15-23-11-13-24(14-12-23)20(27)17-19-21(28)25(10-8-22-19)9-4-7-18-5-2-1-3-6-18;/h1-3,5-6,19,22,26H,4,7-17H2;1H. The Morgan fingerprint density at radius 2 is 1.79 bits per heavy atom. The number of hydrogen-bond acceptors (Lipinski definition) is 5. The van der Waals surface area contributed by atoms with Crippen molar-refractivity contribution in [1.29, 1.82) is 0 Å². The number of rotatable bonds is 8. The normalized spacial score (nSPS) is 20.4. The second kappa shape index (κ2) is 12.1. The third-order valence-electron chi connectivity index (χ3n) is 5.64. The van der Waals surface area contributed by atoms with Crippen LogP contribution in [0.15, 0.2) is 30.3 Å². The molecule has 2 fully saturated rings. The van der Waals surface area contributed by atoms with E-state index in [2.05, 4.69) is 22.3 Å². The fourth-order valence-corrected chi connectivity index (χ4v) is 3.96. The number of β-amino-alcohol motifs (C(OH)–C–C–N with tert-alkyl or cyclic N) is 1. The number of nitrogens with one attached hydrogen (secondary N) is 1. The largest absolute Gasteiger partial charge is 0.395 e. The van der Waals surface area contributed by atoms with E-state index in [4.69, 9.17) is 5.11 Å². The summed E-state index contributed by atoms with van der Waals surface area (Å²) in [6.07, 6.45) is 2.12. The summed E-state index contributed by atoms with van der Waals surface area (Å²) < 4.78 is 0. The lowest BCUT2D eigenvalue weighted by molar-refractivity contribution is -0.141. The summed E-state index contributed by atoms with van der Waals surface area (Å²) in [5, 5.41) is 12.2. The highest BCUT2D eigenvalue weighted by molar-refractivity contribution is 5.89. The summed E-state index contributed by atoms with van der Waals surface area (Å²) in [6, 6.07) is 9.90. The van der Waals surface area contributed by atoms with Gasteiger partial charge in [0.1, 0.15) is 0 Å². The Morgan fingerprint density at radius 1 is 1.07 bits per heavy atom. The number of hydrogen-bond donors (Lipinski definition) is 2. The smallest absolute Gasteiger partial charge is 0.240 e. The molecule has 2 aliphatic rings. The van der Waals surface area contributed by atoms with Crippen LogP contribution in [-0.4, -0.2) is 96.6 Å². The van der Waals surface area contributed by atoms with E-state index in [0.717, 1.165) is 39.0 Å². The summed E-state index contributed by atoms with van der Waals surface area (Å²) in [5.41, 5.74) is 1.29. The zero-order chi connectivity index (χ0) is 19.8. The van der Waals surface area contributed by atoms with Gasteiger partial charge in [-0.05, 0) is 18.4 Å². The number of aliphatic hydroxyl groups excluding tert-OH is 1. The Balaban J connectivity index is 0.00000300. The topological polar surface area (TPSA) is 76.1 Å². The van der Waals surface area contributed by atoms with Gasteiger partial charge in [0.2, 0.25) is 11.8 Å². The molecule has 2 amide bonds. The van der Waals surface area contributed by atoms with E-state index < -0.39 is 6.04 Å². The SMILES string of the molecule is Cl.O=C(CC1NCCN(CCCc2ccccc2)C1=O)N1CCN(CCO)CC1. The fraction of sp³-hybridized carbons (Fsp3) is 0.619. The molecule has 2 N–H and O–H groups in total. The van der Waals surface area contributed by atoms with Crippen molar-refractivity contribution in [2.75, 3.05) is 59.0 Å². The number of halogens is 1. The van der Waals surface area contributed by atoms with Gasteiger partial charge in [-0.25, -0.2) is 0 Å². The first-order valence-corrected chi connectivity index (χ1v) is 10.3. The van der Waals surface area contributed by atoms with Crippen LogP contribution >= 0.6 is 12.4 Å². The third kappa shape index (κ3) is 6.96. The lowest BCUT2D eigenvalue weighted by Crippen LogP contribution is -2.57. The maximum absolute atomic E-state index is 12.8. The molecule has 2 saturated heterocycles. The van der Waals surface area contributed by atoms with E-state index in [1.165, 1.54) is 5.56 Å². The van der Waals surface area contributed by atoms with Gasteiger partial charge in [0.15, 0.2) is 0 Å². The number of carbonyl (C=O) groups is 2. The van der Waals surface area contributed by atoms with E-state index >= 15 is 0 Å². The zero-order valence-corrected chi connectivity index (χ0v) is 17.8. The van der Waals surface area contributed by atoms with E-state index in [9.17, 15) is 9.59 Å². The van der Waals surface area contributed by atoms with Crippen molar-refractivity contribution in [2.45, 2.75) is 25.3 Å². The van der Waals surface area contributed by atoms with E-state index in [1.807, 2.05) is 28.0 Å². The number of carbonyl (C=O) groups excluding carboxylic acids is 2. The van der Waals surface area contributed by atoms with Gasteiger partial charge in [-0.15, -0.1) is 12.4 Å². The molecule has 0 spiro atoms. The molecule has 0 radical (unpaired) electrons. The van der Waals surface area contributed by atoms with Crippen molar-refractivity contribution in [3.05, 3.63) is 35.9 Å². The minimum absolute atomic E-state index is 0. The highest BCUT2D eigenvalue weighted by atomic mass is 35.5. The summed E-state index contributed by atoms with van der Waals surface area (Å²) in [7, 11) is 0. The molecule has 8 heteroatoms. The molecule has 2 heterocycles. The first kappa shape index (κ1) is 23.6. The fourth-order valence-electron chi connectivity index (χ4n) is 3.96. The van der Waals surface area contributed by atoms with Crippen molar-refractivity contribution in [3.63, 3.8) is 0 Å². The maximum atomic E-state index is 12.8. The number of aryl methyl sites for hydroxylation is 1. The van der Waals surface area contributed by atoms with Crippen LogP contribution < -0.4 is 5.32 Å². The molecule has 0 aromatic heterocycles. The molecule has 7 nitrogen and oxygen atoms in total. The van der Waals surface area contributed by atoms with Crippen molar-refractivity contribution in [2.24, 2.45) is 0 Å². The molecule has 29 heavy (non-hydrogen) atoms. The first-order valence-electron chi connectivity index (χ1n) is 10.3. The Labute approximate surface area is 179 Å². The highest BCUT2D eigenvalue weighted by Gasteiger charge is 2.31. The summed E-state index contributed by atoms with van der Waals surface area (Å²) in [6.45, 7) is 5.88. The van der Waals surface area contributed by atoms with Crippen molar-refractivity contribution in [1.82, 2.24) is 20.0 Å². The van der Waals surface area contributed by atoms with Gasteiger partial charge in [0, 0.05) is 52.4 Å².